The molecule has 0 aliphatic carbocycles. The number of alkyl halides is 2. The number of fused-ring (bicyclic) bond motifs is 3. The average molecular weight is 773 g/mol. The monoisotopic (exact) mass is 772 g/mol. The first-order valence-corrected chi connectivity index (χ1v) is 18.1. The summed E-state index contributed by atoms with van der Waals surface area (Å²) in [6, 6.07) is 1.89. The third-order valence-electron chi connectivity index (χ3n) is 10.2. The predicted molar refractivity (Wildman–Crippen MR) is 194 cm³/mol. The number of anilines is 2. The summed E-state index contributed by atoms with van der Waals surface area (Å²) in [4.78, 5) is 35.1. The van der Waals surface area contributed by atoms with E-state index in [0.29, 0.717) is 52.4 Å². The molecule has 0 unspecified atom stereocenters. The highest BCUT2D eigenvalue weighted by Gasteiger charge is 2.29. The summed E-state index contributed by atoms with van der Waals surface area (Å²) in [6.07, 6.45) is 2.46. The average Bonchev–Trinajstić information content (AvgIpc) is 3.74. The largest absolute Gasteiger partial charge is 0.364 e. The zero-order valence-corrected chi connectivity index (χ0v) is 30.1. The van der Waals surface area contributed by atoms with Crippen LogP contribution in [0.1, 0.15) is 0 Å². The molecule has 8 rings (SSSR count). The summed E-state index contributed by atoms with van der Waals surface area (Å²) >= 11 is 0.870. The predicted octanol–water partition coefficient (Wildman–Crippen LogP) is 4.15. The summed E-state index contributed by atoms with van der Waals surface area (Å²) in [5.74, 6) is -4.00. The molecule has 4 aromatic heterocycles. The van der Waals surface area contributed by atoms with Gasteiger partial charge in [0.1, 0.15) is 36.4 Å². The minimum Gasteiger partial charge on any atom is -0.364 e. The Kier molecular flexibility index (Phi) is 9.33. The lowest BCUT2D eigenvalue weighted by Gasteiger charge is -2.34. The van der Waals surface area contributed by atoms with Crippen LogP contribution in [0.5, 0.6) is 0 Å². The minimum atomic E-state index is -0.988. The van der Waals surface area contributed by atoms with Crippen molar-refractivity contribution in [3.05, 3.63) is 68.2 Å². The van der Waals surface area contributed by atoms with Crippen LogP contribution in [0.3, 0.4) is 0 Å². The van der Waals surface area contributed by atoms with Crippen molar-refractivity contribution in [2.24, 2.45) is 0 Å². The standard InChI is InChI=1S/C35H34F6N10O2S/c1-45-7-11-47(12-8-45)29-23(38)15-19-27(25(29)40)49(5-3-36)17-21(31(19)52)33-42-43-35-51(33)44-34(54-35)22-18-50(6-4-37)28-20(32(22)53)16-24(39)30(26(28)41)48-13-9-46(2)10-14-48/h15-18H,3-14H2,1-2H3. The molecule has 0 radical (unpaired) electrons. The molecule has 2 aromatic carbocycles. The Morgan fingerprint density at radius 1 is 0.667 bits per heavy atom. The first kappa shape index (κ1) is 36.0. The van der Waals surface area contributed by atoms with Gasteiger partial charge < -0.3 is 28.7 Å². The Hall–Kier alpha value is -5.01. The number of hydrogen-bond acceptors (Lipinski definition) is 10. The zero-order chi connectivity index (χ0) is 38.0. The molecule has 6 aromatic rings. The Morgan fingerprint density at radius 3 is 1.61 bits per heavy atom. The molecule has 0 amide bonds. The molecule has 6 heterocycles. The second kappa shape index (κ2) is 14.0. The lowest BCUT2D eigenvalue weighted by Crippen LogP contribution is -2.45. The van der Waals surface area contributed by atoms with Gasteiger partial charge in [-0.15, -0.1) is 10.2 Å². The first-order valence-electron chi connectivity index (χ1n) is 17.3. The molecule has 0 saturated carbocycles. The van der Waals surface area contributed by atoms with Gasteiger partial charge in [-0.25, -0.2) is 26.3 Å². The molecule has 0 spiro atoms. The second-order valence-electron chi connectivity index (χ2n) is 13.5. The lowest BCUT2D eigenvalue weighted by atomic mass is 10.1. The number of halogens is 6. The quantitative estimate of drug-likeness (QED) is 0.212. The number of rotatable bonds is 8. The lowest BCUT2D eigenvalue weighted by molar-refractivity contribution is 0.310. The van der Waals surface area contributed by atoms with Gasteiger partial charge in [0.2, 0.25) is 10.4 Å². The van der Waals surface area contributed by atoms with E-state index in [9.17, 15) is 18.4 Å². The SMILES string of the molecule is CN1CCN(c2c(F)cc3c(=O)c(-c4nn5c(-c6cn(CCF)c7c(F)c(N8CCN(C)CC8)c(F)cc7c6=O)nnc5s4)cn(CCF)c3c2F)CC1. The van der Waals surface area contributed by atoms with Crippen molar-refractivity contribution in [1.29, 1.82) is 0 Å². The molecule has 2 aliphatic rings. The number of benzene rings is 2. The van der Waals surface area contributed by atoms with Gasteiger partial charge in [-0.3, -0.25) is 9.59 Å². The minimum absolute atomic E-state index is 0.0170. The van der Waals surface area contributed by atoms with Crippen LogP contribution in [-0.4, -0.2) is 119 Å². The number of hydrogen-bond donors (Lipinski definition) is 0. The second-order valence-corrected chi connectivity index (χ2v) is 14.5. The Bertz CT molecular complexity index is 2550. The molecule has 19 heteroatoms. The van der Waals surface area contributed by atoms with Crippen LogP contribution >= 0.6 is 11.3 Å². The molecule has 54 heavy (non-hydrogen) atoms. The third-order valence-corrected chi connectivity index (χ3v) is 11.1. The molecule has 12 nitrogen and oxygen atoms in total. The van der Waals surface area contributed by atoms with Crippen molar-refractivity contribution in [2.45, 2.75) is 13.1 Å². The molecule has 0 bridgehead atoms. The van der Waals surface area contributed by atoms with Gasteiger partial charge in [-0.05, 0) is 26.2 Å². The topological polar surface area (TPSA) is 100 Å². The summed E-state index contributed by atoms with van der Waals surface area (Å²) in [5, 5.41) is 12.0. The highest BCUT2D eigenvalue weighted by atomic mass is 32.1. The van der Waals surface area contributed by atoms with Gasteiger partial charge in [0.05, 0.1) is 46.0 Å². The maximum Gasteiger partial charge on any atom is 0.235 e. The Morgan fingerprint density at radius 2 is 1.13 bits per heavy atom. The third kappa shape index (κ3) is 5.88. The molecule has 2 aliphatic heterocycles. The summed E-state index contributed by atoms with van der Waals surface area (Å²) in [6.45, 7) is 1.13. The number of pyridine rings is 2. The molecule has 2 saturated heterocycles. The van der Waals surface area contributed by atoms with E-state index < -0.39 is 47.5 Å². The van der Waals surface area contributed by atoms with Crippen LogP contribution in [-0.2, 0) is 13.1 Å². The molecular formula is C35H34F6N10O2S. The van der Waals surface area contributed by atoms with Gasteiger partial charge in [0.25, 0.3) is 0 Å². The zero-order valence-electron chi connectivity index (χ0n) is 29.3. The molecular weight excluding hydrogens is 739 g/mol. The fourth-order valence-corrected chi connectivity index (χ4v) is 8.18. The van der Waals surface area contributed by atoms with Crippen LogP contribution in [0, 0.1) is 23.3 Å². The van der Waals surface area contributed by atoms with E-state index in [1.54, 1.807) is 9.80 Å². The van der Waals surface area contributed by atoms with E-state index in [0.717, 1.165) is 28.0 Å². The molecule has 0 N–H and O–H groups in total. The van der Waals surface area contributed by atoms with E-state index in [2.05, 4.69) is 15.3 Å². The van der Waals surface area contributed by atoms with Gasteiger partial charge in [0, 0.05) is 64.8 Å². The summed E-state index contributed by atoms with van der Waals surface area (Å²) in [7, 11) is 3.80. The fraction of sp³-hybridized carbons (Fsp3) is 0.400. The first-order chi connectivity index (χ1) is 26.0. The fourth-order valence-electron chi connectivity index (χ4n) is 7.33. The van der Waals surface area contributed by atoms with Crippen LogP contribution in [0.15, 0.2) is 34.1 Å². The van der Waals surface area contributed by atoms with Crippen molar-refractivity contribution in [2.75, 3.05) is 89.6 Å². The van der Waals surface area contributed by atoms with Crippen LogP contribution in [0.25, 0.3) is 48.7 Å². The number of nitrogens with zero attached hydrogens (tertiary/aromatic N) is 10. The van der Waals surface area contributed by atoms with Gasteiger partial charge in [-0.1, -0.05) is 11.3 Å². The van der Waals surface area contributed by atoms with Crippen molar-refractivity contribution >= 4 is 49.5 Å². The van der Waals surface area contributed by atoms with Crippen molar-refractivity contribution in [3.63, 3.8) is 0 Å². The highest BCUT2D eigenvalue weighted by Crippen LogP contribution is 2.35. The number of aromatic nitrogens is 6. The van der Waals surface area contributed by atoms with E-state index >= 15 is 17.6 Å². The van der Waals surface area contributed by atoms with E-state index in [1.807, 2.05) is 23.9 Å². The number of piperazine rings is 2. The normalized spacial score (nSPS) is 16.1. The van der Waals surface area contributed by atoms with Crippen molar-refractivity contribution in [3.8, 4) is 22.0 Å². The maximum absolute atomic E-state index is 16.2. The van der Waals surface area contributed by atoms with Crippen molar-refractivity contribution < 1.29 is 26.3 Å². The number of aryl methyl sites for hydroxylation is 2. The molecule has 0 atom stereocenters. The smallest absolute Gasteiger partial charge is 0.235 e. The molecule has 2 fully saturated rings. The summed E-state index contributed by atoms with van der Waals surface area (Å²) in [5.41, 5.74) is -3.00. The van der Waals surface area contributed by atoms with Gasteiger partial charge in [-0.2, -0.15) is 9.61 Å². The van der Waals surface area contributed by atoms with E-state index in [-0.39, 0.29) is 73.2 Å². The number of likely N-dealkylation sites (N-methyl/N-ethyl adjacent to an activating group) is 2. The Balaban J connectivity index is 1.25. The molecule has 284 valence electrons. The summed E-state index contributed by atoms with van der Waals surface area (Å²) < 4.78 is 94.9. The van der Waals surface area contributed by atoms with E-state index in [4.69, 9.17) is 0 Å². The van der Waals surface area contributed by atoms with Gasteiger partial charge in [0.15, 0.2) is 27.9 Å². The van der Waals surface area contributed by atoms with Gasteiger partial charge >= 0.3 is 0 Å². The van der Waals surface area contributed by atoms with Crippen LogP contribution < -0.4 is 20.7 Å². The van der Waals surface area contributed by atoms with Crippen LogP contribution in [0.2, 0.25) is 0 Å². The van der Waals surface area contributed by atoms with E-state index in [1.165, 1.54) is 21.5 Å². The van der Waals surface area contributed by atoms with Crippen LogP contribution in [0.4, 0.5) is 37.7 Å². The maximum atomic E-state index is 16.2. The highest BCUT2D eigenvalue weighted by molar-refractivity contribution is 7.19. The Labute approximate surface area is 307 Å². The van der Waals surface area contributed by atoms with Crippen molar-refractivity contribution in [1.82, 2.24) is 38.7 Å².